The van der Waals surface area contributed by atoms with Crippen molar-refractivity contribution in [3.05, 3.63) is 45.1 Å². The molecule has 33 heavy (non-hydrogen) atoms. The van der Waals surface area contributed by atoms with Gasteiger partial charge in [-0.25, -0.2) is 9.78 Å². The van der Waals surface area contributed by atoms with Gasteiger partial charge in [0.15, 0.2) is 15.5 Å². The number of benzene rings is 1. The number of para-hydroxylation sites is 1. The fourth-order valence-corrected chi connectivity index (χ4v) is 6.43. The van der Waals surface area contributed by atoms with E-state index in [1.165, 1.54) is 11.6 Å². The molecule has 0 bridgehead atoms. The lowest BCUT2D eigenvalue weighted by molar-refractivity contribution is -0.00586. The molecule has 4 heterocycles. The largest absolute Gasteiger partial charge is 0.372 e. The Morgan fingerprint density at radius 1 is 1.09 bits per heavy atom. The van der Waals surface area contributed by atoms with Crippen LogP contribution in [0.3, 0.4) is 0 Å². The number of thiazole rings is 1. The lowest BCUT2D eigenvalue weighted by Gasteiger charge is -2.36. The molecule has 0 aliphatic carbocycles. The summed E-state index contributed by atoms with van der Waals surface area (Å²) in [6, 6.07) is 8.10. The van der Waals surface area contributed by atoms with E-state index in [0.29, 0.717) is 36.7 Å². The number of aromatic nitrogens is 5. The quantitative estimate of drug-likeness (QED) is 0.401. The minimum absolute atomic E-state index is 0.0470. The van der Waals surface area contributed by atoms with E-state index in [0.717, 1.165) is 24.9 Å². The van der Waals surface area contributed by atoms with Crippen molar-refractivity contribution >= 4 is 50.4 Å². The molecule has 9 nitrogen and oxygen atoms in total. The third-order valence-corrected chi connectivity index (χ3v) is 8.00. The predicted octanol–water partition coefficient (Wildman–Crippen LogP) is 2.45. The van der Waals surface area contributed by atoms with Crippen molar-refractivity contribution in [2.24, 2.45) is 14.1 Å². The summed E-state index contributed by atoms with van der Waals surface area (Å²) in [4.78, 5) is 37.3. The second-order valence-electron chi connectivity index (χ2n) is 8.40. The van der Waals surface area contributed by atoms with Gasteiger partial charge >= 0.3 is 5.69 Å². The van der Waals surface area contributed by atoms with Gasteiger partial charge in [-0.15, -0.1) is 11.3 Å². The summed E-state index contributed by atoms with van der Waals surface area (Å²) in [5, 5.41) is 0. The van der Waals surface area contributed by atoms with Crippen molar-refractivity contribution < 1.29 is 4.74 Å². The van der Waals surface area contributed by atoms with Gasteiger partial charge in [-0.1, -0.05) is 23.9 Å². The Labute approximate surface area is 198 Å². The third kappa shape index (κ3) is 3.98. The van der Waals surface area contributed by atoms with Crippen LogP contribution in [-0.2, 0) is 25.4 Å². The molecule has 2 atom stereocenters. The first kappa shape index (κ1) is 22.2. The van der Waals surface area contributed by atoms with Crippen LogP contribution in [0.15, 0.2) is 38.2 Å². The summed E-state index contributed by atoms with van der Waals surface area (Å²) >= 11 is 3.33. The van der Waals surface area contributed by atoms with E-state index in [4.69, 9.17) is 14.7 Å². The molecule has 1 aliphatic heterocycles. The number of morpholine rings is 1. The maximum atomic E-state index is 13.1. The summed E-state index contributed by atoms with van der Waals surface area (Å²) in [7, 11) is 3.17. The summed E-state index contributed by atoms with van der Waals surface area (Å²) in [6.07, 6.45) is 0.0941. The van der Waals surface area contributed by atoms with Crippen LogP contribution in [0.4, 0.5) is 5.95 Å². The van der Waals surface area contributed by atoms with Crippen LogP contribution >= 0.6 is 23.1 Å². The molecule has 0 saturated carbocycles. The molecule has 0 amide bonds. The molecule has 0 spiro atoms. The van der Waals surface area contributed by atoms with Gasteiger partial charge in [0.05, 0.1) is 22.4 Å². The van der Waals surface area contributed by atoms with Crippen molar-refractivity contribution in [1.82, 2.24) is 23.7 Å². The SMILES string of the molecule is C[C@@H]1CN(c2nc3c(c(=O)n(C)c(=O)n3C)n2CCSc2nc3ccccc3s2)C[C@H](C)O1. The summed E-state index contributed by atoms with van der Waals surface area (Å²) in [5.74, 6) is 1.43. The minimum Gasteiger partial charge on any atom is -0.372 e. The molecule has 1 aromatic carbocycles. The number of ether oxygens (including phenoxy) is 1. The molecule has 11 heteroatoms. The number of fused-ring (bicyclic) bond motifs is 2. The zero-order chi connectivity index (χ0) is 23.3. The van der Waals surface area contributed by atoms with Gasteiger partial charge in [0.25, 0.3) is 5.56 Å². The van der Waals surface area contributed by atoms with Gasteiger partial charge in [0.1, 0.15) is 0 Å². The number of thioether (sulfide) groups is 1. The smallest absolute Gasteiger partial charge is 0.332 e. The molecule has 4 aromatic rings. The van der Waals surface area contributed by atoms with Gasteiger partial charge in [-0.2, -0.15) is 4.98 Å². The maximum Gasteiger partial charge on any atom is 0.332 e. The number of rotatable bonds is 5. The van der Waals surface area contributed by atoms with Gasteiger partial charge in [0.2, 0.25) is 5.95 Å². The molecule has 1 aliphatic rings. The van der Waals surface area contributed by atoms with Crippen molar-refractivity contribution in [1.29, 1.82) is 0 Å². The number of anilines is 1. The fraction of sp³-hybridized carbons (Fsp3) is 0.455. The van der Waals surface area contributed by atoms with Crippen molar-refractivity contribution in [2.75, 3.05) is 23.7 Å². The van der Waals surface area contributed by atoms with Gasteiger partial charge in [-0.3, -0.25) is 13.9 Å². The number of hydrogen-bond donors (Lipinski definition) is 0. The van der Waals surface area contributed by atoms with Crippen LogP contribution in [-0.4, -0.2) is 54.7 Å². The van der Waals surface area contributed by atoms with Crippen LogP contribution in [0.2, 0.25) is 0 Å². The molecule has 3 aromatic heterocycles. The topological polar surface area (TPSA) is 87.2 Å². The zero-order valence-corrected chi connectivity index (χ0v) is 20.7. The molecule has 1 saturated heterocycles. The molecular formula is C22H26N6O3S2. The molecule has 1 fully saturated rings. The average molecular weight is 487 g/mol. The van der Waals surface area contributed by atoms with Crippen molar-refractivity contribution in [3.8, 4) is 0 Å². The van der Waals surface area contributed by atoms with Gasteiger partial charge in [0, 0.05) is 39.5 Å². The first-order chi connectivity index (χ1) is 15.8. The third-order valence-electron chi connectivity index (χ3n) is 5.84. The average Bonchev–Trinajstić information content (AvgIpc) is 3.37. The van der Waals surface area contributed by atoms with Crippen LogP contribution in [0.1, 0.15) is 13.8 Å². The van der Waals surface area contributed by atoms with Crippen molar-refractivity contribution in [2.45, 2.75) is 36.9 Å². The first-order valence-corrected chi connectivity index (χ1v) is 12.7. The number of aryl methyl sites for hydroxylation is 2. The Balaban J connectivity index is 1.53. The maximum absolute atomic E-state index is 13.1. The highest BCUT2D eigenvalue weighted by Crippen LogP contribution is 2.30. The van der Waals surface area contributed by atoms with Crippen LogP contribution in [0, 0.1) is 0 Å². The van der Waals surface area contributed by atoms with E-state index in [1.807, 2.05) is 36.6 Å². The highest BCUT2D eigenvalue weighted by Gasteiger charge is 2.28. The van der Waals surface area contributed by atoms with E-state index in [9.17, 15) is 9.59 Å². The molecule has 174 valence electrons. The summed E-state index contributed by atoms with van der Waals surface area (Å²) < 4.78 is 12.6. The Hall–Kier alpha value is -2.63. The monoisotopic (exact) mass is 486 g/mol. The molecule has 5 rings (SSSR count). The summed E-state index contributed by atoms with van der Waals surface area (Å²) in [5.41, 5.74) is 1.16. The fourth-order valence-electron chi connectivity index (χ4n) is 4.37. The lowest BCUT2D eigenvalue weighted by Crippen LogP contribution is -2.46. The number of nitrogens with zero attached hydrogens (tertiary/aromatic N) is 6. The van der Waals surface area contributed by atoms with Crippen molar-refractivity contribution in [3.63, 3.8) is 0 Å². The number of imidazole rings is 1. The first-order valence-electron chi connectivity index (χ1n) is 10.9. The molecule has 0 radical (unpaired) electrons. The molecule has 0 unspecified atom stereocenters. The zero-order valence-electron chi connectivity index (χ0n) is 19.0. The predicted molar refractivity (Wildman–Crippen MR) is 133 cm³/mol. The molecular weight excluding hydrogens is 460 g/mol. The Bertz CT molecular complexity index is 1410. The highest BCUT2D eigenvalue weighted by atomic mass is 32.2. The normalized spacial score (nSPS) is 19.1. The van der Waals surface area contributed by atoms with E-state index in [-0.39, 0.29) is 23.5 Å². The second kappa shape index (κ2) is 8.62. The lowest BCUT2D eigenvalue weighted by atomic mass is 10.2. The molecule has 0 N–H and O–H groups in total. The highest BCUT2D eigenvalue weighted by molar-refractivity contribution is 8.01. The van der Waals surface area contributed by atoms with Crippen LogP contribution in [0.25, 0.3) is 21.4 Å². The minimum atomic E-state index is -0.378. The number of hydrogen-bond acceptors (Lipinski definition) is 8. The van der Waals surface area contributed by atoms with Crippen LogP contribution < -0.4 is 16.1 Å². The van der Waals surface area contributed by atoms with E-state index >= 15 is 0 Å². The van der Waals surface area contributed by atoms with Gasteiger partial charge in [-0.05, 0) is 26.0 Å². The van der Waals surface area contributed by atoms with E-state index in [2.05, 4.69) is 11.0 Å². The summed E-state index contributed by atoms with van der Waals surface area (Å²) in [6.45, 7) is 5.99. The Morgan fingerprint density at radius 3 is 2.55 bits per heavy atom. The van der Waals surface area contributed by atoms with E-state index in [1.54, 1.807) is 30.1 Å². The van der Waals surface area contributed by atoms with Crippen LogP contribution in [0.5, 0.6) is 0 Å². The Morgan fingerprint density at radius 2 is 1.82 bits per heavy atom. The standard InChI is InChI=1S/C22H26N6O3S2/c1-13-11-27(12-14(2)31-13)20-24-18-17(19(29)26(4)22(30)25(18)3)28(20)9-10-32-21-23-15-7-5-6-8-16(15)33-21/h5-8,13-14H,9-12H2,1-4H3/t13-,14+. The van der Waals surface area contributed by atoms with E-state index < -0.39 is 0 Å². The second-order valence-corrected chi connectivity index (χ2v) is 10.8. The van der Waals surface area contributed by atoms with Gasteiger partial charge < -0.3 is 14.2 Å². The Kier molecular flexibility index (Phi) is 5.79.